The van der Waals surface area contributed by atoms with Gasteiger partial charge < -0.3 is 10.2 Å². The molecule has 1 aromatic carbocycles. The lowest BCUT2D eigenvalue weighted by Crippen LogP contribution is -2.52. The fourth-order valence-electron chi connectivity index (χ4n) is 2.55. The van der Waals surface area contributed by atoms with Crippen LogP contribution in [0.5, 0.6) is 0 Å². The van der Waals surface area contributed by atoms with E-state index in [1.165, 1.54) is 6.92 Å². The van der Waals surface area contributed by atoms with Gasteiger partial charge in [0.05, 0.1) is 15.4 Å². The number of carbonyl (C=O) groups excluding carboxylic acids is 1. The highest BCUT2D eigenvalue weighted by Gasteiger charge is 2.29. The molecule has 0 bridgehead atoms. The van der Waals surface area contributed by atoms with Crippen molar-refractivity contribution in [2.24, 2.45) is 5.14 Å². The SMILES string of the molecule is Cc1c(C(=O)N2CCNC[C@@H]2C)cc(S(N)(=O)=O)cc1[N+](=O)[O-]. The molecule has 1 amide bonds. The van der Waals surface area contributed by atoms with E-state index in [2.05, 4.69) is 5.32 Å². The van der Waals surface area contributed by atoms with Crippen LogP contribution in [0.1, 0.15) is 22.8 Å². The smallest absolute Gasteiger partial charge is 0.274 e. The molecule has 1 saturated heterocycles. The van der Waals surface area contributed by atoms with E-state index in [-0.39, 0.29) is 17.2 Å². The molecule has 1 aliphatic rings. The predicted octanol–water partition coefficient (Wildman–Crippen LogP) is -0.0155. The van der Waals surface area contributed by atoms with Crippen molar-refractivity contribution >= 4 is 21.6 Å². The molecule has 0 unspecified atom stereocenters. The second kappa shape index (κ2) is 6.22. The highest BCUT2D eigenvalue weighted by molar-refractivity contribution is 7.89. The summed E-state index contributed by atoms with van der Waals surface area (Å²) in [6, 6.07) is 1.88. The van der Waals surface area contributed by atoms with Crippen molar-refractivity contribution in [1.82, 2.24) is 10.2 Å². The summed E-state index contributed by atoms with van der Waals surface area (Å²) in [5.74, 6) is -0.440. The summed E-state index contributed by atoms with van der Waals surface area (Å²) < 4.78 is 23.1. The van der Waals surface area contributed by atoms with Crippen LogP contribution < -0.4 is 10.5 Å². The molecule has 0 saturated carbocycles. The van der Waals surface area contributed by atoms with E-state index in [1.807, 2.05) is 6.92 Å². The van der Waals surface area contributed by atoms with E-state index >= 15 is 0 Å². The molecule has 1 atom stereocenters. The van der Waals surface area contributed by atoms with Crippen LogP contribution >= 0.6 is 0 Å². The molecule has 1 heterocycles. The first kappa shape index (κ1) is 17.3. The fraction of sp³-hybridized carbons (Fsp3) is 0.462. The molecule has 3 N–H and O–H groups in total. The number of hydrogen-bond donors (Lipinski definition) is 2. The molecule has 1 fully saturated rings. The number of amides is 1. The average molecular weight is 342 g/mol. The molecular formula is C13H18N4O5S. The Morgan fingerprint density at radius 2 is 2.13 bits per heavy atom. The highest BCUT2D eigenvalue weighted by Crippen LogP contribution is 2.27. The van der Waals surface area contributed by atoms with Crippen molar-refractivity contribution in [3.8, 4) is 0 Å². The van der Waals surface area contributed by atoms with E-state index in [4.69, 9.17) is 5.14 Å². The molecule has 0 spiro atoms. The number of sulfonamides is 1. The Hall–Kier alpha value is -2.04. The number of nitro groups is 1. The van der Waals surface area contributed by atoms with Crippen LogP contribution in [-0.2, 0) is 10.0 Å². The van der Waals surface area contributed by atoms with Gasteiger partial charge in [0.2, 0.25) is 10.0 Å². The van der Waals surface area contributed by atoms with Gasteiger partial charge in [-0.2, -0.15) is 0 Å². The number of benzene rings is 1. The molecule has 23 heavy (non-hydrogen) atoms. The number of piperazine rings is 1. The first-order chi connectivity index (χ1) is 10.6. The summed E-state index contributed by atoms with van der Waals surface area (Å²) in [5, 5.41) is 19.3. The monoisotopic (exact) mass is 342 g/mol. The molecule has 0 aromatic heterocycles. The van der Waals surface area contributed by atoms with E-state index < -0.39 is 31.4 Å². The van der Waals surface area contributed by atoms with Gasteiger partial charge in [0, 0.05) is 37.3 Å². The quantitative estimate of drug-likeness (QED) is 0.585. The maximum Gasteiger partial charge on any atom is 0.274 e. The predicted molar refractivity (Wildman–Crippen MR) is 82.6 cm³/mol. The lowest BCUT2D eigenvalue weighted by molar-refractivity contribution is -0.385. The second-order valence-corrected chi connectivity index (χ2v) is 7.03. The minimum atomic E-state index is -4.16. The molecule has 126 valence electrons. The molecule has 0 aliphatic carbocycles. The third-order valence-corrected chi connectivity index (χ3v) is 4.76. The molecular weight excluding hydrogens is 324 g/mol. The third-order valence-electron chi connectivity index (χ3n) is 3.87. The van der Waals surface area contributed by atoms with Gasteiger partial charge in [-0.15, -0.1) is 0 Å². The first-order valence-electron chi connectivity index (χ1n) is 6.96. The summed E-state index contributed by atoms with van der Waals surface area (Å²) in [7, 11) is -4.16. The van der Waals surface area contributed by atoms with Gasteiger partial charge in [0.15, 0.2) is 0 Å². The van der Waals surface area contributed by atoms with Crippen LogP contribution in [0.15, 0.2) is 17.0 Å². The number of carbonyl (C=O) groups is 1. The van der Waals surface area contributed by atoms with Crippen molar-refractivity contribution in [3.05, 3.63) is 33.4 Å². The Kier molecular flexibility index (Phi) is 4.68. The third kappa shape index (κ3) is 3.49. The lowest BCUT2D eigenvalue weighted by Gasteiger charge is -2.34. The van der Waals surface area contributed by atoms with Crippen LogP contribution in [0.4, 0.5) is 5.69 Å². The van der Waals surface area contributed by atoms with Crippen LogP contribution in [-0.4, -0.2) is 49.8 Å². The van der Waals surface area contributed by atoms with Gasteiger partial charge >= 0.3 is 0 Å². The Labute approximate surface area is 133 Å². The van der Waals surface area contributed by atoms with Gasteiger partial charge in [0.25, 0.3) is 11.6 Å². The zero-order valence-electron chi connectivity index (χ0n) is 12.8. The maximum absolute atomic E-state index is 12.7. The molecule has 9 nitrogen and oxygen atoms in total. The number of nitrogens with zero attached hydrogens (tertiary/aromatic N) is 2. The Morgan fingerprint density at radius 1 is 1.48 bits per heavy atom. The fourth-order valence-corrected chi connectivity index (χ4v) is 3.10. The standard InChI is InChI=1S/C13H18N4O5S/c1-8-7-15-3-4-16(8)13(18)11-5-10(23(14,21)22)6-12(9(11)2)17(19)20/h5-6,8,15H,3-4,7H2,1-2H3,(H2,14,21,22)/t8-/m0/s1. The Bertz CT molecular complexity index is 762. The largest absolute Gasteiger partial charge is 0.333 e. The van der Waals surface area contributed by atoms with Crippen molar-refractivity contribution in [2.75, 3.05) is 19.6 Å². The number of nitrogens with one attached hydrogen (secondary N) is 1. The minimum Gasteiger partial charge on any atom is -0.333 e. The molecule has 1 aromatic rings. The maximum atomic E-state index is 12.7. The highest BCUT2D eigenvalue weighted by atomic mass is 32.2. The molecule has 2 rings (SSSR count). The van der Waals surface area contributed by atoms with Gasteiger partial charge in [-0.3, -0.25) is 14.9 Å². The molecule has 10 heteroatoms. The summed E-state index contributed by atoms with van der Waals surface area (Å²) in [6.07, 6.45) is 0. The first-order valence-corrected chi connectivity index (χ1v) is 8.51. The van der Waals surface area contributed by atoms with Crippen LogP contribution in [0, 0.1) is 17.0 Å². The van der Waals surface area contributed by atoms with E-state index in [0.29, 0.717) is 19.6 Å². The summed E-state index contributed by atoms with van der Waals surface area (Å²) in [6.45, 7) is 4.91. The zero-order valence-corrected chi connectivity index (χ0v) is 13.6. The second-order valence-electron chi connectivity index (χ2n) is 5.47. The summed E-state index contributed by atoms with van der Waals surface area (Å²) in [5.41, 5.74) is -0.335. The summed E-state index contributed by atoms with van der Waals surface area (Å²) in [4.78, 5) is 24.3. The topological polar surface area (TPSA) is 136 Å². The number of nitrogens with two attached hydrogens (primary N) is 1. The lowest BCUT2D eigenvalue weighted by atomic mass is 10.0. The van der Waals surface area contributed by atoms with Gasteiger partial charge in [-0.1, -0.05) is 0 Å². The molecule has 1 aliphatic heterocycles. The van der Waals surface area contributed by atoms with Crippen molar-refractivity contribution in [1.29, 1.82) is 0 Å². The molecule has 0 radical (unpaired) electrons. The minimum absolute atomic E-state index is 0.0167. The zero-order chi connectivity index (χ0) is 17.4. The average Bonchev–Trinajstić information content (AvgIpc) is 2.45. The van der Waals surface area contributed by atoms with Crippen LogP contribution in [0.25, 0.3) is 0 Å². The van der Waals surface area contributed by atoms with E-state index in [1.54, 1.807) is 4.90 Å². The summed E-state index contributed by atoms with van der Waals surface area (Å²) >= 11 is 0. The van der Waals surface area contributed by atoms with Crippen molar-refractivity contribution in [3.63, 3.8) is 0 Å². The van der Waals surface area contributed by atoms with Gasteiger partial charge in [-0.05, 0) is 19.9 Å². The number of hydrogen-bond acceptors (Lipinski definition) is 6. The Morgan fingerprint density at radius 3 is 2.65 bits per heavy atom. The van der Waals surface area contributed by atoms with E-state index in [0.717, 1.165) is 12.1 Å². The van der Waals surface area contributed by atoms with Crippen LogP contribution in [0.3, 0.4) is 0 Å². The Balaban J connectivity index is 2.58. The number of primary sulfonamides is 1. The van der Waals surface area contributed by atoms with E-state index in [9.17, 15) is 23.3 Å². The number of nitro benzene ring substituents is 1. The van der Waals surface area contributed by atoms with Crippen molar-refractivity contribution < 1.29 is 18.1 Å². The van der Waals surface area contributed by atoms with Gasteiger partial charge in [-0.25, -0.2) is 13.6 Å². The van der Waals surface area contributed by atoms with Crippen LogP contribution in [0.2, 0.25) is 0 Å². The van der Waals surface area contributed by atoms with Crippen molar-refractivity contribution in [2.45, 2.75) is 24.8 Å². The normalized spacial score (nSPS) is 18.7. The number of rotatable bonds is 3. The van der Waals surface area contributed by atoms with Gasteiger partial charge in [0.1, 0.15) is 0 Å².